The number of fused-ring (bicyclic) bond motifs is 1. The van der Waals surface area contributed by atoms with Crippen LogP contribution in [0.3, 0.4) is 0 Å². The van der Waals surface area contributed by atoms with Crippen molar-refractivity contribution in [3.63, 3.8) is 0 Å². The molecule has 2 heterocycles. The number of benzene rings is 3. The van der Waals surface area contributed by atoms with E-state index in [-0.39, 0.29) is 35.5 Å². The molecule has 0 N–H and O–H groups in total. The number of ether oxygens (including phenoxy) is 2. The van der Waals surface area contributed by atoms with E-state index in [9.17, 15) is 9.59 Å². The van der Waals surface area contributed by atoms with Crippen LogP contribution in [0.5, 0.6) is 5.75 Å². The van der Waals surface area contributed by atoms with Gasteiger partial charge in [-0.1, -0.05) is 60.1 Å². The molecule has 0 aliphatic carbocycles. The van der Waals surface area contributed by atoms with E-state index in [1.807, 2.05) is 54.6 Å². The number of rotatable bonds is 9. The van der Waals surface area contributed by atoms with Gasteiger partial charge in [0, 0.05) is 19.2 Å². The average Bonchev–Trinajstić information content (AvgIpc) is 3.30. The third kappa shape index (κ3) is 6.45. The molecule has 0 saturated carbocycles. The molecular formula is C29H27ClN4O5. The van der Waals surface area contributed by atoms with Crippen molar-refractivity contribution in [1.29, 1.82) is 0 Å². The molecule has 39 heavy (non-hydrogen) atoms. The molecule has 0 bridgehead atoms. The van der Waals surface area contributed by atoms with Crippen molar-refractivity contribution in [2.75, 3.05) is 24.7 Å². The zero-order valence-electron chi connectivity index (χ0n) is 21.4. The van der Waals surface area contributed by atoms with Gasteiger partial charge in [-0.05, 0) is 35.4 Å². The maximum atomic E-state index is 13.7. The highest BCUT2D eigenvalue weighted by Crippen LogP contribution is 2.30. The minimum Gasteiger partial charge on any atom is -0.491 e. The second-order valence-corrected chi connectivity index (χ2v) is 9.42. The van der Waals surface area contributed by atoms with Gasteiger partial charge < -0.3 is 18.8 Å². The van der Waals surface area contributed by atoms with E-state index < -0.39 is 0 Å². The summed E-state index contributed by atoms with van der Waals surface area (Å²) in [5.41, 5.74) is 2.82. The summed E-state index contributed by atoms with van der Waals surface area (Å²) in [4.78, 5) is 29.9. The quantitative estimate of drug-likeness (QED) is 0.278. The first kappa shape index (κ1) is 26.4. The number of nitrogens with zero attached hydrogens (tertiary/aromatic N) is 4. The maximum Gasteiger partial charge on any atom is 0.260 e. The molecule has 0 spiro atoms. The van der Waals surface area contributed by atoms with Gasteiger partial charge in [0.05, 0.1) is 30.3 Å². The Morgan fingerprint density at radius 1 is 1.00 bits per heavy atom. The van der Waals surface area contributed by atoms with Crippen LogP contribution in [0.2, 0.25) is 5.02 Å². The molecule has 0 radical (unpaired) electrons. The Bertz CT molecular complexity index is 1460. The topological polar surface area (TPSA) is 98.0 Å². The van der Waals surface area contributed by atoms with Crippen molar-refractivity contribution in [2.24, 2.45) is 0 Å². The molecule has 0 saturated heterocycles. The fourth-order valence-corrected chi connectivity index (χ4v) is 4.55. The lowest BCUT2D eigenvalue weighted by Crippen LogP contribution is -2.40. The fraction of sp³-hybridized carbons (Fsp3) is 0.241. The molecule has 0 unspecified atom stereocenters. The van der Waals surface area contributed by atoms with Crippen LogP contribution in [-0.4, -0.2) is 46.7 Å². The van der Waals surface area contributed by atoms with Crippen LogP contribution >= 0.6 is 11.6 Å². The molecule has 0 atom stereocenters. The van der Waals surface area contributed by atoms with Crippen LogP contribution in [0.4, 0.5) is 5.69 Å². The molecule has 10 heteroatoms. The summed E-state index contributed by atoms with van der Waals surface area (Å²) >= 11 is 6.52. The molecule has 2 amide bonds. The van der Waals surface area contributed by atoms with Gasteiger partial charge in [-0.25, -0.2) is 0 Å². The van der Waals surface area contributed by atoms with Gasteiger partial charge >= 0.3 is 0 Å². The summed E-state index contributed by atoms with van der Waals surface area (Å²) in [6.45, 7) is 3.22. The summed E-state index contributed by atoms with van der Waals surface area (Å²) in [7, 11) is 0. The summed E-state index contributed by atoms with van der Waals surface area (Å²) < 4.78 is 16.9. The van der Waals surface area contributed by atoms with E-state index in [1.54, 1.807) is 30.0 Å². The number of anilines is 1. The van der Waals surface area contributed by atoms with E-state index in [2.05, 4.69) is 10.2 Å². The Kier molecular flexibility index (Phi) is 8.19. The highest BCUT2D eigenvalue weighted by Gasteiger charge is 2.31. The first-order chi connectivity index (χ1) is 19.0. The number of para-hydroxylation sites is 1. The molecule has 3 aromatic carbocycles. The number of amides is 2. The van der Waals surface area contributed by atoms with Crippen molar-refractivity contribution in [1.82, 2.24) is 15.1 Å². The standard InChI is InChI=1S/C29H27ClN4O5/c1-20-31-32-27(39-20)17-33-16-22-9-5-6-10-26(22)34(18-28(33)35)29(36)24-12-11-23(15-25(24)30)38-14-13-37-19-21-7-3-2-4-8-21/h2-12,15H,13-14,16-19H2,1H3. The van der Waals surface area contributed by atoms with Crippen LogP contribution in [0.25, 0.3) is 0 Å². The number of hydrogen-bond acceptors (Lipinski definition) is 7. The highest BCUT2D eigenvalue weighted by molar-refractivity contribution is 6.34. The van der Waals surface area contributed by atoms with Crippen molar-refractivity contribution >= 4 is 29.1 Å². The van der Waals surface area contributed by atoms with Gasteiger partial charge in [0.2, 0.25) is 17.7 Å². The van der Waals surface area contributed by atoms with Crippen molar-refractivity contribution in [3.8, 4) is 5.75 Å². The monoisotopic (exact) mass is 546 g/mol. The lowest BCUT2D eigenvalue weighted by atomic mass is 10.1. The Balaban J connectivity index is 1.25. The number of carbonyl (C=O) groups is 2. The minimum absolute atomic E-state index is 0.151. The van der Waals surface area contributed by atoms with Crippen molar-refractivity contribution < 1.29 is 23.5 Å². The molecule has 0 fully saturated rings. The lowest BCUT2D eigenvalue weighted by Gasteiger charge is -2.23. The highest BCUT2D eigenvalue weighted by atomic mass is 35.5. The molecule has 9 nitrogen and oxygen atoms in total. The van der Waals surface area contributed by atoms with Crippen molar-refractivity contribution in [2.45, 2.75) is 26.6 Å². The second-order valence-electron chi connectivity index (χ2n) is 9.01. The van der Waals surface area contributed by atoms with E-state index in [1.165, 1.54) is 4.90 Å². The Morgan fingerprint density at radius 3 is 2.56 bits per heavy atom. The van der Waals surface area contributed by atoms with Crippen LogP contribution in [-0.2, 0) is 29.2 Å². The van der Waals surface area contributed by atoms with Gasteiger partial charge in [-0.3, -0.25) is 14.5 Å². The van der Waals surface area contributed by atoms with Gasteiger partial charge in [-0.2, -0.15) is 0 Å². The Morgan fingerprint density at radius 2 is 1.79 bits per heavy atom. The largest absolute Gasteiger partial charge is 0.491 e. The fourth-order valence-electron chi connectivity index (χ4n) is 4.30. The first-order valence-corrected chi connectivity index (χ1v) is 12.9. The van der Waals surface area contributed by atoms with Crippen LogP contribution in [0.15, 0.2) is 77.2 Å². The summed E-state index contributed by atoms with van der Waals surface area (Å²) in [6, 6.07) is 22.2. The summed E-state index contributed by atoms with van der Waals surface area (Å²) in [6.07, 6.45) is 0. The SMILES string of the molecule is Cc1nnc(CN2Cc3ccccc3N(C(=O)c3ccc(OCCOCc4ccccc4)cc3Cl)CC2=O)o1. The van der Waals surface area contributed by atoms with Gasteiger partial charge in [0.25, 0.3) is 5.91 Å². The Hall–Kier alpha value is -4.21. The van der Waals surface area contributed by atoms with Crippen LogP contribution < -0.4 is 9.64 Å². The third-order valence-corrected chi connectivity index (χ3v) is 6.52. The lowest BCUT2D eigenvalue weighted by molar-refractivity contribution is -0.131. The van der Waals surface area contributed by atoms with E-state index in [0.29, 0.717) is 49.6 Å². The smallest absolute Gasteiger partial charge is 0.260 e. The van der Waals surface area contributed by atoms with Crippen LogP contribution in [0.1, 0.15) is 33.3 Å². The van der Waals surface area contributed by atoms with E-state index in [4.69, 9.17) is 25.5 Å². The predicted octanol–water partition coefficient (Wildman–Crippen LogP) is 4.82. The second kappa shape index (κ2) is 12.1. The first-order valence-electron chi connectivity index (χ1n) is 12.5. The minimum atomic E-state index is -0.381. The summed E-state index contributed by atoms with van der Waals surface area (Å²) in [5.74, 6) is 0.651. The maximum absolute atomic E-state index is 13.7. The number of aryl methyl sites for hydroxylation is 1. The average molecular weight is 547 g/mol. The zero-order chi connectivity index (χ0) is 27.2. The van der Waals surface area contributed by atoms with Gasteiger partial charge in [-0.15, -0.1) is 10.2 Å². The van der Waals surface area contributed by atoms with E-state index >= 15 is 0 Å². The van der Waals surface area contributed by atoms with E-state index in [0.717, 1.165) is 11.1 Å². The van der Waals surface area contributed by atoms with Gasteiger partial charge in [0.1, 0.15) is 18.9 Å². The number of halogens is 1. The number of hydrogen-bond donors (Lipinski definition) is 0. The molecular weight excluding hydrogens is 520 g/mol. The zero-order valence-corrected chi connectivity index (χ0v) is 22.1. The van der Waals surface area contributed by atoms with Crippen LogP contribution in [0, 0.1) is 6.92 Å². The molecule has 200 valence electrons. The number of carbonyl (C=O) groups excluding carboxylic acids is 2. The molecule has 1 aromatic heterocycles. The molecule has 1 aliphatic rings. The third-order valence-electron chi connectivity index (χ3n) is 6.21. The normalized spacial score (nSPS) is 13.2. The van der Waals surface area contributed by atoms with Gasteiger partial charge in [0.15, 0.2) is 0 Å². The molecule has 4 aromatic rings. The number of aromatic nitrogens is 2. The molecule has 5 rings (SSSR count). The predicted molar refractivity (Wildman–Crippen MR) is 144 cm³/mol. The molecule has 1 aliphatic heterocycles. The van der Waals surface area contributed by atoms with Crippen molar-refractivity contribution in [3.05, 3.63) is 106 Å². The summed E-state index contributed by atoms with van der Waals surface area (Å²) in [5, 5.41) is 8.06. The Labute approximate surface area is 230 Å².